The Labute approximate surface area is 449 Å². The highest BCUT2D eigenvalue weighted by Crippen LogP contribution is 2.17. The van der Waals surface area contributed by atoms with Crippen molar-refractivity contribution in [3.05, 3.63) is 60.8 Å². The summed E-state index contributed by atoms with van der Waals surface area (Å²) in [6.45, 7) is 4.16. The Balaban J connectivity index is 3.44. The van der Waals surface area contributed by atoms with Gasteiger partial charge in [0.2, 0.25) is 0 Å². The van der Waals surface area contributed by atoms with E-state index < -0.39 is 6.10 Å². The molecule has 0 spiro atoms. The van der Waals surface area contributed by atoms with E-state index >= 15 is 0 Å². The molecule has 1 atom stereocenters. The van der Waals surface area contributed by atoms with Crippen LogP contribution in [0.4, 0.5) is 0 Å². The molecular weight excluding hydrogens is 885 g/mol. The van der Waals surface area contributed by atoms with E-state index in [9.17, 15) is 14.7 Å². The molecule has 0 aromatic rings. The number of unbranched alkanes of at least 4 members (excludes halogenated alkanes) is 41. The van der Waals surface area contributed by atoms with Gasteiger partial charge in [-0.2, -0.15) is 0 Å². The first-order chi connectivity index (χ1) is 35.6. The Morgan fingerprint density at radius 1 is 0.319 bits per heavy atom. The van der Waals surface area contributed by atoms with E-state index in [1.165, 1.54) is 250 Å². The summed E-state index contributed by atoms with van der Waals surface area (Å²) in [5.74, 6) is -0.576. The first-order valence-corrected chi connectivity index (χ1v) is 31.8. The normalized spacial score (nSPS) is 12.5. The number of esters is 2. The van der Waals surface area contributed by atoms with Crippen molar-refractivity contribution in [3.63, 3.8) is 0 Å². The number of allylic oxidation sites excluding steroid dienone is 10. The van der Waals surface area contributed by atoms with E-state index in [-0.39, 0.29) is 25.2 Å². The van der Waals surface area contributed by atoms with E-state index in [4.69, 9.17) is 9.47 Å². The molecule has 5 heteroatoms. The lowest BCUT2D eigenvalue weighted by Crippen LogP contribution is -2.28. The van der Waals surface area contributed by atoms with Crippen molar-refractivity contribution in [2.75, 3.05) is 13.2 Å². The fraction of sp³-hybridized carbons (Fsp3) is 0.821. The van der Waals surface area contributed by atoms with Crippen molar-refractivity contribution in [3.8, 4) is 0 Å². The third-order valence-corrected chi connectivity index (χ3v) is 14.3. The van der Waals surface area contributed by atoms with Gasteiger partial charge < -0.3 is 14.6 Å². The summed E-state index contributed by atoms with van der Waals surface area (Å²) in [5, 5.41) is 9.68. The van der Waals surface area contributed by atoms with E-state index in [1.807, 2.05) is 0 Å². The maximum atomic E-state index is 12.3. The summed E-state index contributed by atoms with van der Waals surface area (Å²) in [5.41, 5.74) is 0. The van der Waals surface area contributed by atoms with Crippen LogP contribution in [0.3, 0.4) is 0 Å². The third kappa shape index (κ3) is 60.2. The van der Waals surface area contributed by atoms with Gasteiger partial charge in [-0.05, 0) is 83.5 Å². The molecule has 0 aromatic heterocycles. The van der Waals surface area contributed by atoms with Crippen molar-refractivity contribution in [2.24, 2.45) is 0 Å². The van der Waals surface area contributed by atoms with Gasteiger partial charge in [0.25, 0.3) is 0 Å². The summed E-state index contributed by atoms with van der Waals surface area (Å²) < 4.78 is 10.7. The average Bonchev–Trinajstić information content (AvgIpc) is 3.38. The maximum Gasteiger partial charge on any atom is 0.306 e. The average molecular weight is 1010 g/mol. The molecule has 0 bridgehead atoms. The van der Waals surface area contributed by atoms with Gasteiger partial charge in [-0.3, -0.25) is 9.59 Å². The number of aliphatic hydroxyl groups is 1. The predicted octanol–water partition coefficient (Wildman–Crippen LogP) is 21.8. The number of hydrogen-bond acceptors (Lipinski definition) is 5. The number of aliphatic hydroxyl groups excluding tert-OH is 1. The van der Waals surface area contributed by atoms with Crippen LogP contribution in [0, 0.1) is 0 Å². The molecular formula is C67H122O5. The first kappa shape index (κ1) is 69.6. The molecule has 0 aromatic carbocycles. The molecule has 0 fully saturated rings. The molecule has 0 radical (unpaired) electrons. The van der Waals surface area contributed by atoms with E-state index in [0.717, 1.165) is 57.8 Å². The Bertz CT molecular complexity index is 1230. The summed E-state index contributed by atoms with van der Waals surface area (Å²) in [7, 11) is 0. The van der Waals surface area contributed by atoms with Crippen LogP contribution in [0.25, 0.3) is 0 Å². The minimum absolute atomic E-state index is 0.0638. The maximum absolute atomic E-state index is 12.3. The van der Waals surface area contributed by atoms with Crippen molar-refractivity contribution < 1.29 is 24.2 Å². The Kier molecular flexibility index (Phi) is 60.8. The van der Waals surface area contributed by atoms with Gasteiger partial charge in [0.15, 0.2) is 6.10 Å². The quantitative estimate of drug-likeness (QED) is 0.0373. The van der Waals surface area contributed by atoms with Crippen LogP contribution < -0.4 is 0 Å². The minimum Gasteiger partial charge on any atom is -0.462 e. The largest absolute Gasteiger partial charge is 0.462 e. The van der Waals surface area contributed by atoms with Crippen molar-refractivity contribution >= 4 is 11.9 Å². The zero-order chi connectivity index (χ0) is 52.0. The van der Waals surface area contributed by atoms with Crippen LogP contribution in [0.15, 0.2) is 60.8 Å². The summed E-state index contributed by atoms with van der Waals surface area (Å²) in [6, 6.07) is 0. The molecule has 0 amide bonds. The highest BCUT2D eigenvalue weighted by Gasteiger charge is 2.16. The van der Waals surface area contributed by atoms with Gasteiger partial charge in [-0.1, -0.05) is 299 Å². The molecule has 1 N–H and O–H groups in total. The number of carbonyl (C=O) groups excluding carboxylic acids is 2. The zero-order valence-corrected chi connectivity index (χ0v) is 48.2. The monoisotopic (exact) mass is 1010 g/mol. The number of carbonyl (C=O) groups is 2. The smallest absolute Gasteiger partial charge is 0.306 e. The number of hydrogen-bond donors (Lipinski definition) is 1. The first-order valence-electron chi connectivity index (χ1n) is 31.8. The molecule has 0 saturated heterocycles. The highest BCUT2D eigenvalue weighted by atomic mass is 16.6. The molecule has 0 aliphatic heterocycles. The third-order valence-electron chi connectivity index (χ3n) is 14.3. The van der Waals surface area contributed by atoms with E-state index in [2.05, 4.69) is 74.6 Å². The minimum atomic E-state index is -0.773. The lowest BCUT2D eigenvalue weighted by Gasteiger charge is -2.15. The van der Waals surface area contributed by atoms with Crippen LogP contribution >= 0.6 is 0 Å². The second kappa shape index (κ2) is 62.9. The summed E-state index contributed by atoms with van der Waals surface area (Å²) in [6.07, 6.45) is 85.1. The topological polar surface area (TPSA) is 72.8 Å². The van der Waals surface area contributed by atoms with E-state index in [1.54, 1.807) is 0 Å². The van der Waals surface area contributed by atoms with Crippen molar-refractivity contribution in [1.82, 2.24) is 0 Å². The molecule has 0 rings (SSSR count). The van der Waals surface area contributed by atoms with Gasteiger partial charge in [0.1, 0.15) is 6.61 Å². The molecule has 5 nitrogen and oxygen atoms in total. The summed E-state index contributed by atoms with van der Waals surface area (Å²) in [4.78, 5) is 24.6. The molecule has 0 heterocycles. The van der Waals surface area contributed by atoms with Crippen molar-refractivity contribution in [2.45, 2.75) is 341 Å². The Morgan fingerprint density at radius 3 is 0.833 bits per heavy atom. The molecule has 420 valence electrons. The second-order valence-electron chi connectivity index (χ2n) is 21.5. The van der Waals surface area contributed by atoms with Gasteiger partial charge >= 0.3 is 11.9 Å². The number of rotatable bonds is 59. The van der Waals surface area contributed by atoms with Gasteiger partial charge in [-0.15, -0.1) is 0 Å². The summed E-state index contributed by atoms with van der Waals surface area (Å²) >= 11 is 0. The van der Waals surface area contributed by atoms with Crippen molar-refractivity contribution in [1.29, 1.82) is 0 Å². The second-order valence-corrected chi connectivity index (χ2v) is 21.5. The zero-order valence-electron chi connectivity index (χ0n) is 48.2. The fourth-order valence-corrected chi connectivity index (χ4v) is 9.48. The fourth-order valence-electron chi connectivity index (χ4n) is 9.48. The van der Waals surface area contributed by atoms with Gasteiger partial charge in [0, 0.05) is 12.8 Å². The molecule has 72 heavy (non-hydrogen) atoms. The van der Waals surface area contributed by atoms with Gasteiger partial charge in [-0.25, -0.2) is 0 Å². The molecule has 1 unspecified atom stereocenters. The van der Waals surface area contributed by atoms with Crippen LogP contribution in [0.5, 0.6) is 0 Å². The van der Waals surface area contributed by atoms with Crippen LogP contribution in [-0.4, -0.2) is 36.4 Å². The van der Waals surface area contributed by atoms with Crippen LogP contribution in [-0.2, 0) is 19.1 Å². The standard InChI is InChI=1S/C67H122O5/c1-3-5-7-9-11-13-15-17-19-21-23-25-27-29-30-31-32-33-34-35-36-38-40-42-44-46-48-50-52-54-56-58-60-62-67(70)72-65(63-68)64-71-66(69)61-59-57-55-53-51-49-47-45-43-41-39-37-28-26-24-22-20-18-16-14-12-10-8-6-4-2/h15-18,21-24,27,29,65,68H,3-14,19-20,25-26,28,30-64H2,1-2H3/b17-15-,18-16-,23-21-,24-22-,29-27-. The SMILES string of the molecule is CCCCCCC/C=C\C/C=C\C/C=C\CCCCCCCCCCCCCCCCCCCCC(=O)OC(CO)COC(=O)CCCCCCCCCCCCCCC/C=C\C/C=C\CCCCCCC. The van der Waals surface area contributed by atoms with Gasteiger partial charge in [0.05, 0.1) is 6.61 Å². The highest BCUT2D eigenvalue weighted by molar-refractivity contribution is 5.70. The van der Waals surface area contributed by atoms with E-state index in [0.29, 0.717) is 12.8 Å². The molecule has 0 saturated carbocycles. The van der Waals surface area contributed by atoms with Crippen LogP contribution in [0.1, 0.15) is 335 Å². The lowest BCUT2D eigenvalue weighted by molar-refractivity contribution is -0.161. The lowest BCUT2D eigenvalue weighted by atomic mass is 10.0. The predicted molar refractivity (Wildman–Crippen MR) is 316 cm³/mol. The molecule has 0 aliphatic carbocycles. The Hall–Kier alpha value is -2.40. The Morgan fingerprint density at radius 2 is 0.556 bits per heavy atom. The molecule has 0 aliphatic rings. The van der Waals surface area contributed by atoms with Crippen LogP contribution in [0.2, 0.25) is 0 Å². The number of ether oxygens (including phenoxy) is 2.